The van der Waals surface area contributed by atoms with Crippen molar-refractivity contribution < 1.29 is 4.74 Å². The van der Waals surface area contributed by atoms with Gasteiger partial charge >= 0.3 is 0 Å². The maximum absolute atomic E-state index is 5.90. The summed E-state index contributed by atoms with van der Waals surface area (Å²) in [7, 11) is 0. The molecule has 2 heteroatoms. The van der Waals surface area contributed by atoms with Gasteiger partial charge in [0.1, 0.15) is 12.4 Å². The number of hydrogen-bond donors (Lipinski definition) is 0. The van der Waals surface area contributed by atoms with E-state index in [0.29, 0.717) is 12.5 Å². The molecule has 0 N–H and O–H groups in total. The van der Waals surface area contributed by atoms with Crippen molar-refractivity contribution in [2.45, 2.75) is 45.1 Å². The summed E-state index contributed by atoms with van der Waals surface area (Å²) in [5, 5.41) is 0. The molecule has 1 atom stereocenters. The Hall–Kier alpha value is -2.61. The Morgan fingerprint density at radius 3 is 2.19 bits per heavy atom. The molecule has 1 aromatic heterocycles. The molecule has 3 aromatic rings. The molecule has 4 rings (SSSR count). The average Bonchev–Trinajstić information content (AvgIpc) is 2.70. The lowest BCUT2D eigenvalue weighted by Crippen LogP contribution is -2.21. The lowest BCUT2D eigenvalue weighted by molar-refractivity contribution is 0.283. The Balaban J connectivity index is 1.50. The Morgan fingerprint density at radius 1 is 0.926 bits per heavy atom. The van der Waals surface area contributed by atoms with E-state index in [1.54, 1.807) is 6.20 Å². The third kappa shape index (κ3) is 4.21. The first-order chi connectivity index (χ1) is 13.3. The normalized spacial score (nSPS) is 15.1. The second-order valence-electron chi connectivity index (χ2n) is 7.44. The van der Waals surface area contributed by atoms with E-state index in [-0.39, 0.29) is 0 Å². The van der Waals surface area contributed by atoms with Gasteiger partial charge in [0.2, 0.25) is 0 Å². The van der Waals surface area contributed by atoms with Crippen molar-refractivity contribution in [3.8, 4) is 5.75 Å². The van der Waals surface area contributed by atoms with Gasteiger partial charge in [0.25, 0.3) is 0 Å². The lowest BCUT2D eigenvalue weighted by Gasteiger charge is -2.34. The van der Waals surface area contributed by atoms with Crippen molar-refractivity contribution in [2.24, 2.45) is 5.92 Å². The van der Waals surface area contributed by atoms with Crippen LogP contribution in [-0.2, 0) is 13.0 Å². The molecule has 1 heterocycles. The van der Waals surface area contributed by atoms with Crippen molar-refractivity contribution >= 4 is 0 Å². The van der Waals surface area contributed by atoms with Crippen LogP contribution in [0.1, 0.15) is 54.5 Å². The predicted octanol–water partition coefficient (Wildman–Crippen LogP) is 6.16. The molecule has 27 heavy (non-hydrogen) atoms. The molecule has 2 nitrogen and oxygen atoms in total. The molecule has 138 valence electrons. The van der Waals surface area contributed by atoms with E-state index in [9.17, 15) is 0 Å². The Morgan fingerprint density at radius 2 is 1.63 bits per heavy atom. The number of nitrogens with zero attached hydrogens (tertiary/aromatic N) is 1. The first kappa shape index (κ1) is 17.8. The number of aryl methyl sites for hydroxylation is 1. The second-order valence-corrected chi connectivity index (χ2v) is 7.44. The molecule has 0 radical (unpaired) electrons. The minimum atomic E-state index is 0.495. The van der Waals surface area contributed by atoms with E-state index in [4.69, 9.17) is 4.74 Å². The van der Waals surface area contributed by atoms with Crippen LogP contribution in [0.5, 0.6) is 5.75 Å². The standard InChI is InChI=1S/C25H27NO/c1-2-19-9-11-21(12-10-19)25(20-6-5-7-20)22-13-15-24(16-14-22)27-18-23-8-3-4-17-26-23/h3-4,8-17,20,25H,2,5-7,18H2,1H3. The number of hydrogen-bond acceptors (Lipinski definition) is 2. The van der Waals surface area contributed by atoms with Crippen LogP contribution in [0.25, 0.3) is 0 Å². The van der Waals surface area contributed by atoms with E-state index >= 15 is 0 Å². The first-order valence-corrected chi connectivity index (χ1v) is 10.0. The zero-order valence-electron chi connectivity index (χ0n) is 16.0. The SMILES string of the molecule is CCc1ccc(C(c2ccc(OCc3ccccn3)cc2)C2CCC2)cc1. The van der Waals surface area contributed by atoms with Crippen LogP contribution in [0, 0.1) is 5.92 Å². The fourth-order valence-corrected chi connectivity index (χ4v) is 3.88. The van der Waals surface area contributed by atoms with Crippen molar-refractivity contribution in [1.29, 1.82) is 0 Å². The fourth-order valence-electron chi connectivity index (χ4n) is 3.88. The van der Waals surface area contributed by atoms with Crippen LogP contribution in [0.15, 0.2) is 72.9 Å². The first-order valence-electron chi connectivity index (χ1n) is 10.0. The molecule has 0 amide bonds. The highest BCUT2D eigenvalue weighted by Gasteiger charge is 2.29. The summed E-state index contributed by atoms with van der Waals surface area (Å²) >= 11 is 0. The zero-order valence-corrected chi connectivity index (χ0v) is 16.0. The third-order valence-electron chi connectivity index (χ3n) is 5.72. The summed E-state index contributed by atoms with van der Waals surface area (Å²) in [6.07, 6.45) is 6.92. The number of benzene rings is 2. The zero-order chi connectivity index (χ0) is 18.5. The van der Waals surface area contributed by atoms with Gasteiger partial charge in [-0.1, -0.05) is 55.8 Å². The monoisotopic (exact) mass is 357 g/mol. The molecule has 2 aromatic carbocycles. The van der Waals surface area contributed by atoms with Crippen LogP contribution >= 0.6 is 0 Å². The summed E-state index contributed by atoms with van der Waals surface area (Å²) in [4.78, 5) is 4.31. The van der Waals surface area contributed by atoms with Crippen LogP contribution in [0.3, 0.4) is 0 Å². The van der Waals surface area contributed by atoms with Gasteiger partial charge in [0.15, 0.2) is 0 Å². The average molecular weight is 357 g/mol. The van der Waals surface area contributed by atoms with Crippen LogP contribution in [0.4, 0.5) is 0 Å². The lowest BCUT2D eigenvalue weighted by atomic mass is 9.70. The largest absolute Gasteiger partial charge is 0.487 e. The summed E-state index contributed by atoms with van der Waals surface area (Å²) in [5.74, 6) is 2.16. The van der Waals surface area contributed by atoms with Crippen molar-refractivity contribution in [3.63, 3.8) is 0 Å². The second kappa shape index (κ2) is 8.39. The van der Waals surface area contributed by atoms with Crippen molar-refractivity contribution in [3.05, 3.63) is 95.3 Å². The van der Waals surface area contributed by atoms with Crippen LogP contribution in [-0.4, -0.2) is 4.98 Å². The van der Waals surface area contributed by atoms with E-state index in [1.165, 1.54) is 36.0 Å². The van der Waals surface area contributed by atoms with Gasteiger partial charge in [-0.25, -0.2) is 0 Å². The van der Waals surface area contributed by atoms with Gasteiger partial charge in [0.05, 0.1) is 5.69 Å². The number of pyridine rings is 1. The summed E-state index contributed by atoms with van der Waals surface area (Å²) < 4.78 is 5.90. The van der Waals surface area contributed by atoms with Crippen molar-refractivity contribution in [2.75, 3.05) is 0 Å². The van der Waals surface area contributed by atoms with Crippen LogP contribution in [0.2, 0.25) is 0 Å². The molecule has 0 spiro atoms. The highest BCUT2D eigenvalue weighted by Crippen LogP contribution is 2.43. The van der Waals surface area contributed by atoms with Gasteiger partial charge < -0.3 is 4.74 Å². The predicted molar refractivity (Wildman–Crippen MR) is 110 cm³/mol. The van der Waals surface area contributed by atoms with Gasteiger partial charge in [-0.3, -0.25) is 4.98 Å². The van der Waals surface area contributed by atoms with Gasteiger partial charge in [-0.15, -0.1) is 0 Å². The highest BCUT2D eigenvalue weighted by atomic mass is 16.5. The topological polar surface area (TPSA) is 22.1 Å². The number of aromatic nitrogens is 1. The van der Waals surface area contributed by atoms with E-state index in [0.717, 1.165) is 23.8 Å². The quantitative estimate of drug-likeness (QED) is 0.505. The molecular weight excluding hydrogens is 330 g/mol. The Kier molecular flexibility index (Phi) is 5.53. The molecular formula is C25H27NO. The highest BCUT2D eigenvalue weighted by molar-refractivity contribution is 5.38. The van der Waals surface area contributed by atoms with Gasteiger partial charge in [-0.05, 0) is 66.1 Å². The summed E-state index contributed by atoms with van der Waals surface area (Å²) in [6.45, 7) is 2.72. The number of rotatable bonds is 7. The minimum absolute atomic E-state index is 0.495. The molecule has 1 aliphatic carbocycles. The summed E-state index contributed by atoms with van der Waals surface area (Å²) in [5.41, 5.74) is 5.20. The Labute approximate surface area is 162 Å². The fraction of sp³-hybridized carbons (Fsp3) is 0.320. The maximum atomic E-state index is 5.90. The van der Waals surface area contributed by atoms with E-state index in [2.05, 4.69) is 60.4 Å². The number of ether oxygens (including phenoxy) is 1. The minimum Gasteiger partial charge on any atom is -0.487 e. The van der Waals surface area contributed by atoms with Gasteiger partial charge in [-0.2, -0.15) is 0 Å². The summed E-state index contributed by atoms with van der Waals surface area (Å²) in [6, 6.07) is 23.8. The van der Waals surface area contributed by atoms with E-state index < -0.39 is 0 Å². The smallest absolute Gasteiger partial charge is 0.130 e. The molecule has 0 aliphatic heterocycles. The van der Waals surface area contributed by atoms with E-state index in [1.807, 2.05) is 18.2 Å². The van der Waals surface area contributed by atoms with Crippen molar-refractivity contribution in [1.82, 2.24) is 4.98 Å². The molecule has 1 fully saturated rings. The molecule has 0 bridgehead atoms. The van der Waals surface area contributed by atoms with Gasteiger partial charge in [0, 0.05) is 12.1 Å². The molecule has 1 aliphatic rings. The third-order valence-corrected chi connectivity index (χ3v) is 5.72. The maximum Gasteiger partial charge on any atom is 0.130 e. The Bertz CT molecular complexity index is 836. The van der Waals surface area contributed by atoms with Crippen LogP contribution < -0.4 is 4.74 Å². The molecule has 1 unspecified atom stereocenters. The molecule has 1 saturated carbocycles. The molecule has 0 saturated heterocycles.